The van der Waals surface area contributed by atoms with Gasteiger partial charge in [-0.1, -0.05) is 12.1 Å². The molecular weight excluding hydrogens is 224 g/mol. The molecule has 1 aromatic rings. The van der Waals surface area contributed by atoms with Gasteiger partial charge in [-0.15, -0.1) is 0 Å². The highest BCUT2D eigenvalue weighted by Gasteiger charge is 2.23. The number of hydrogen-bond acceptors (Lipinski definition) is 4. The Labute approximate surface area is 109 Å². The van der Waals surface area contributed by atoms with Crippen LogP contribution in [-0.4, -0.2) is 49.1 Å². The summed E-state index contributed by atoms with van der Waals surface area (Å²) < 4.78 is 0. The number of piperazine rings is 1. The molecule has 18 heavy (non-hydrogen) atoms. The van der Waals surface area contributed by atoms with Crippen molar-refractivity contribution in [3.05, 3.63) is 35.4 Å². The summed E-state index contributed by atoms with van der Waals surface area (Å²) in [5.41, 5.74) is 7.76. The normalized spacial score (nSPS) is 21.7. The summed E-state index contributed by atoms with van der Waals surface area (Å²) in [5.74, 6) is 0. The summed E-state index contributed by atoms with van der Waals surface area (Å²) in [6.45, 7) is 4.70. The third kappa shape index (κ3) is 3.08. The minimum Gasteiger partial charge on any atom is -0.329 e. The van der Waals surface area contributed by atoms with Gasteiger partial charge in [-0.3, -0.25) is 4.90 Å². The number of nitrogens with two attached hydrogens (primary N) is 1. The van der Waals surface area contributed by atoms with Gasteiger partial charge < -0.3 is 10.6 Å². The van der Waals surface area contributed by atoms with Crippen LogP contribution in [0.5, 0.6) is 0 Å². The van der Waals surface area contributed by atoms with Crippen LogP contribution >= 0.6 is 0 Å². The second-order valence-electron chi connectivity index (χ2n) is 4.93. The molecule has 2 N–H and O–H groups in total. The predicted octanol–water partition coefficient (Wildman–Crippen LogP) is 0.633. The van der Waals surface area contributed by atoms with Crippen molar-refractivity contribution in [2.45, 2.75) is 12.6 Å². The Hall–Kier alpha value is -1.41. The third-order valence-corrected chi connectivity index (χ3v) is 3.52. The lowest BCUT2D eigenvalue weighted by Gasteiger charge is -2.39. The van der Waals surface area contributed by atoms with Crippen molar-refractivity contribution in [3.63, 3.8) is 0 Å². The molecule has 1 aliphatic heterocycles. The first-order valence-corrected chi connectivity index (χ1v) is 6.34. The lowest BCUT2D eigenvalue weighted by Crippen LogP contribution is -2.54. The van der Waals surface area contributed by atoms with Gasteiger partial charge in [0.1, 0.15) is 0 Å². The molecule has 0 aliphatic carbocycles. The van der Waals surface area contributed by atoms with Crippen LogP contribution in [0.2, 0.25) is 0 Å². The molecule has 1 saturated heterocycles. The van der Waals surface area contributed by atoms with Crippen molar-refractivity contribution in [1.82, 2.24) is 9.80 Å². The predicted molar refractivity (Wildman–Crippen MR) is 71.9 cm³/mol. The fraction of sp³-hybridized carbons (Fsp3) is 0.500. The molecule has 0 amide bonds. The van der Waals surface area contributed by atoms with Crippen LogP contribution in [-0.2, 0) is 6.54 Å². The largest absolute Gasteiger partial charge is 0.329 e. The van der Waals surface area contributed by atoms with Crippen molar-refractivity contribution < 1.29 is 0 Å². The van der Waals surface area contributed by atoms with Crippen LogP contribution in [0.25, 0.3) is 0 Å². The summed E-state index contributed by atoms with van der Waals surface area (Å²) in [7, 11) is 2.14. The molecular formula is C14H20N4. The molecule has 1 aromatic carbocycles. The van der Waals surface area contributed by atoms with Crippen LogP contribution in [0.15, 0.2) is 24.3 Å². The van der Waals surface area contributed by atoms with Crippen LogP contribution in [0.4, 0.5) is 0 Å². The number of nitrogens with zero attached hydrogens (tertiary/aromatic N) is 3. The number of nitriles is 1. The summed E-state index contributed by atoms with van der Waals surface area (Å²) in [5, 5.41) is 8.91. The molecule has 0 spiro atoms. The summed E-state index contributed by atoms with van der Waals surface area (Å²) >= 11 is 0. The van der Waals surface area contributed by atoms with Crippen molar-refractivity contribution in [3.8, 4) is 6.07 Å². The maximum Gasteiger partial charge on any atom is 0.0991 e. The van der Waals surface area contributed by atoms with Gasteiger partial charge in [0.25, 0.3) is 0 Å². The molecule has 1 unspecified atom stereocenters. The molecule has 0 bridgehead atoms. The Morgan fingerprint density at radius 1 is 1.44 bits per heavy atom. The molecule has 1 fully saturated rings. The SMILES string of the molecule is CN1CCN(Cc2cccc(C#N)c2)C(CN)C1. The monoisotopic (exact) mass is 244 g/mol. The maximum absolute atomic E-state index is 8.91. The van der Waals surface area contributed by atoms with E-state index in [0.717, 1.165) is 31.7 Å². The van der Waals surface area contributed by atoms with Gasteiger partial charge in [0.2, 0.25) is 0 Å². The van der Waals surface area contributed by atoms with Gasteiger partial charge >= 0.3 is 0 Å². The Kier molecular flexibility index (Phi) is 4.32. The Morgan fingerprint density at radius 3 is 3.00 bits per heavy atom. The fourth-order valence-electron chi connectivity index (χ4n) is 2.45. The summed E-state index contributed by atoms with van der Waals surface area (Å²) in [6.07, 6.45) is 0. The number of rotatable bonds is 3. The zero-order valence-electron chi connectivity index (χ0n) is 10.8. The lowest BCUT2D eigenvalue weighted by atomic mass is 10.1. The molecule has 2 rings (SSSR count). The zero-order valence-corrected chi connectivity index (χ0v) is 10.8. The fourth-order valence-corrected chi connectivity index (χ4v) is 2.45. The summed E-state index contributed by atoms with van der Waals surface area (Å²) in [4.78, 5) is 4.73. The van der Waals surface area contributed by atoms with Gasteiger partial charge in [0.15, 0.2) is 0 Å². The third-order valence-electron chi connectivity index (χ3n) is 3.52. The van der Waals surface area contributed by atoms with E-state index in [-0.39, 0.29) is 0 Å². The van der Waals surface area contributed by atoms with Gasteiger partial charge in [0.05, 0.1) is 11.6 Å². The summed E-state index contributed by atoms with van der Waals surface area (Å²) in [6, 6.07) is 10.4. The minimum atomic E-state index is 0.412. The first kappa shape index (κ1) is 13.0. The Bertz CT molecular complexity index is 438. The highest BCUT2D eigenvalue weighted by atomic mass is 15.3. The Balaban J connectivity index is 2.05. The highest BCUT2D eigenvalue weighted by Crippen LogP contribution is 2.13. The molecule has 1 aliphatic rings. The van der Waals surface area contributed by atoms with Crippen LogP contribution in [0.1, 0.15) is 11.1 Å². The van der Waals surface area contributed by atoms with Crippen molar-refractivity contribution in [2.24, 2.45) is 5.73 Å². The molecule has 4 nitrogen and oxygen atoms in total. The van der Waals surface area contributed by atoms with Gasteiger partial charge in [-0.2, -0.15) is 5.26 Å². The van der Waals surface area contributed by atoms with E-state index in [0.29, 0.717) is 12.6 Å². The topological polar surface area (TPSA) is 56.3 Å². The minimum absolute atomic E-state index is 0.412. The van der Waals surface area contributed by atoms with Crippen molar-refractivity contribution in [2.75, 3.05) is 33.2 Å². The molecule has 4 heteroatoms. The second kappa shape index (κ2) is 5.96. The van der Waals surface area contributed by atoms with E-state index in [1.807, 2.05) is 18.2 Å². The molecule has 1 atom stereocenters. The van der Waals surface area contributed by atoms with E-state index in [1.54, 1.807) is 0 Å². The highest BCUT2D eigenvalue weighted by molar-refractivity contribution is 5.32. The van der Waals surface area contributed by atoms with Crippen LogP contribution < -0.4 is 5.73 Å². The van der Waals surface area contributed by atoms with E-state index < -0.39 is 0 Å². The molecule has 0 saturated carbocycles. The van der Waals surface area contributed by atoms with Crippen LogP contribution in [0, 0.1) is 11.3 Å². The zero-order chi connectivity index (χ0) is 13.0. The van der Waals surface area contributed by atoms with Gasteiger partial charge in [-0.25, -0.2) is 0 Å². The smallest absolute Gasteiger partial charge is 0.0991 e. The number of likely N-dealkylation sites (N-methyl/N-ethyl adjacent to an activating group) is 1. The average Bonchev–Trinajstić information content (AvgIpc) is 2.41. The number of benzene rings is 1. The van der Waals surface area contributed by atoms with E-state index >= 15 is 0 Å². The van der Waals surface area contributed by atoms with Crippen molar-refractivity contribution in [1.29, 1.82) is 5.26 Å². The maximum atomic E-state index is 8.91. The molecule has 0 radical (unpaired) electrons. The molecule has 1 heterocycles. The molecule has 96 valence electrons. The molecule has 0 aromatic heterocycles. The van der Waals surface area contributed by atoms with E-state index in [2.05, 4.69) is 29.0 Å². The lowest BCUT2D eigenvalue weighted by molar-refractivity contribution is 0.0881. The van der Waals surface area contributed by atoms with Crippen molar-refractivity contribution >= 4 is 0 Å². The van der Waals surface area contributed by atoms with Gasteiger partial charge in [0, 0.05) is 38.8 Å². The standard InChI is InChI=1S/C14H20N4/c1-17-5-6-18(14(9-16)11-17)10-13-4-2-3-12(7-13)8-15/h2-4,7,14H,5-6,9-11,16H2,1H3. The second-order valence-corrected chi connectivity index (χ2v) is 4.93. The van der Waals surface area contributed by atoms with Gasteiger partial charge in [-0.05, 0) is 24.7 Å². The van der Waals surface area contributed by atoms with E-state index in [9.17, 15) is 0 Å². The number of hydrogen-bond donors (Lipinski definition) is 1. The van der Waals surface area contributed by atoms with Crippen LogP contribution in [0.3, 0.4) is 0 Å². The quantitative estimate of drug-likeness (QED) is 0.847. The van der Waals surface area contributed by atoms with E-state index in [1.165, 1.54) is 5.56 Å². The first-order chi connectivity index (χ1) is 8.72. The first-order valence-electron chi connectivity index (χ1n) is 6.34. The van der Waals surface area contributed by atoms with E-state index in [4.69, 9.17) is 11.0 Å². The Morgan fingerprint density at radius 2 is 2.28 bits per heavy atom. The average molecular weight is 244 g/mol.